The topological polar surface area (TPSA) is 38.1 Å². The lowest BCUT2D eigenvalue weighted by atomic mass is 10.2. The monoisotopic (exact) mass is 265 g/mol. The maximum atomic E-state index is 10.9. The Morgan fingerprint density at radius 1 is 1.20 bits per heavy atom. The molecule has 0 unspecified atom stereocenters. The van der Waals surface area contributed by atoms with Crippen molar-refractivity contribution in [3.8, 4) is 0 Å². The Balaban J connectivity index is 1.71. The van der Waals surface area contributed by atoms with Crippen molar-refractivity contribution in [1.29, 1.82) is 0 Å². The van der Waals surface area contributed by atoms with Gasteiger partial charge in [-0.3, -0.25) is 4.79 Å². The maximum Gasteiger partial charge on any atom is 0.150 e. The van der Waals surface area contributed by atoms with Crippen LogP contribution < -0.4 is 0 Å². The van der Waals surface area contributed by atoms with E-state index in [2.05, 4.69) is 27.7 Å². The number of carbonyl (C=O) groups excluding carboxylic acids is 1. The van der Waals surface area contributed by atoms with Crippen LogP contribution >= 0.6 is 0 Å². The molecule has 0 saturated heterocycles. The second-order valence-corrected chi connectivity index (χ2v) is 5.23. The van der Waals surface area contributed by atoms with E-state index in [4.69, 9.17) is 4.98 Å². The fraction of sp³-hybridized carbons (Fsp3) is 0.250. The van der Waals surface area contributed by atoms with E-state index in [9.17, 15) is 4.79 Å². The number of fused-ring (bicyclic) bond motifs is 3. The number of aldehydes is 1. The van der Waals surface area contributed by atoms with Crippen LogP contribution in [0.25, 0.3) is 11.0 Å². The molecule has 1 aromatic carbocycles. The van der Waals surface area contributed by atoms with Gasteiger partial charge in [0, 0.05) is 37.3 Å². The summed E-state index contributed by atoms with van der Waals surface area (Å²) in [4.78, 5) is 18.0. The standard InChI is InChI=1S/C16H15N3O/c20-11-12-4-5-14-15(10-12)19-9-8-18(13-2-1-3-13)7-6-16(19)17-14/h1-5,10-11H,6-9H2. The fourth-order valence-electron chi connectivity index (χ4n) is 2.92. The number of aromatic nitrogens is 2. The first-order valence-corrected chi connectivity index (χ1v) is 6.93. The summed E-state index contributed by atoms with van der Waals surface area (Å²) in [6, 6.07) is 5.71. The van der Waals surface area contributed by atoms with Crippen molar-refractivity contribution in [3.05, 3.63) is 53.5 Å². The fourth-order valence-corrected chi connectivity index (χ4v) is 2.92. The molecular formula is C16H15N3O. The summed E-state index contributed by atoms with van der Waals surface area (Å²) < 4.78 is 2.26. The highest BCUT2D eigenvalue weighted by Gasteiger charge is 2.19. The molecule has 2 heterocycles. The van der Waals surface area contributed by atoms with Crippen LogP contribution in [-0.2, 0) is 13.0 Å². The number of imidazole rings is 1. The number of nitrogens with zero attached hydrogens (tertiary/aromatic N) is 3. The second-order valence-electron chi connectivity index (χ2n) is 5.23. The zero-order chi connectivity index (χ0) is 13.5. The smallest absolute Gasteiger partial charge is 0.150 e. The van der Waals surface area contributed by atoms with Crippen LogP contribution in [0.15, 0.2) is 42.1 Å². The molecule has 0 spiro atoms. The normalized spacial score (nSPS) is 17.4. The zero-order valence-electron chi connectivity index (χ0n) is 11.1. The first-order valence-electron chi connectivity index (χ1n) is 6.93. The average molecular weight is 265 g/mol. The van der Waals surface area contributed by atoms with Crippen molar-refractivity contribution in [2.75, 3.05) is 13.1 Å². The SMILES string of the molecule is O=Cc1ccc2nc3n(c2c1)CCN(C1=CC=C1)CC3. The molecule has 4 rings (SSSR count). The molecule has 0 saturated carbocycles. The van der Waals surface area contributed by atoms with Crippen LogP contribution in [0.4, 0.5) is 0 Å². The minimum Gasteiger partial charge on any atom is -0.369 e. The highest BCUT2D eigenvalue weighted by molar-refractivity contribution is 5.85. The predicted molar refractivity (Wildman–Crippen MR) is 77.6 cm³/mol. The molecule has 100 valence electrons. The molecule has 4 heteroatoms. The lowest BCUT2D eigenvalue weighted by molar-refractivity contribution is 0.112. The van der Waals surface area contributed by atoms with Crippen LogP contribution in [0.2, 0.25) is 0 Å². The maximum absolute atomic E-state index is 10.9. The Morgan fingerprint density at radius 3 is 2.85 bits per heavy atom. The average Bonchev–Trinajstić information content (AvgIpc) is 2.64. The van der Waals surface area contributed by atoms with Gasteiger partial charge in [-0.25, -0.2) is 4.98 Å². The summed E-state index contributed by atoms with van der Waals surface area (Å²) in [6.45, 7) is 2.90. The minimum absolute atomic E-state index is 0.714. The zero-order valence-corrected chi connectivity index (χ0v) is 11.1. The molecule has 1 aromatic heterocycles. The van der Waals surface area contributed by atoms with Gasteiger partial charge in [-0.15, -0.1) is 0 Å². The summed E-state index contributed by atoms with van der Waals surface area (Å²) in [5.41, 5.74) is 4.09. The summed E-state index contributed by atoms with van der Waals surface area (Å²) in [6.07, 6.45) is 8.21. The van der Waals surface area contributed by atoms with E-state index in [1.54, 1.807) is 0 Å². The minimum atomic E-state index is 0.714. The van der Waals surface area contributed by atoms with Crippen LogP contribution in [0, 0.1) is 0 Å². The summed E-state index contributed by atoms with van der Waals surface area (Å²) in [5.74, 6) is 1.12. The molecule has 0 radical (unpaired) electrons. The first kappa shape index (κ1) is 11.5. The predicted octanol–water partition coefficient (Wildman–Crippen LogP) is 2.16. The van der Waals surface area contributed by atoms with Gasteiger partial charge < -0.3 is 9.47 Å². The number of benzene rings is 1. The Kier molecular flexibility index (Phi) is 2.49. The number of hydrogen-bond acceptors (Lipinski definition) is 3. The van der Waals surface area contributed by atoms with Crippen molar-refractivity contribution in [2.45, 2.75) is 13.0 Å². The van der Waals surface area contributed by atoms with Crippen molar-refractivity contribution in [1.82, 2.24) is 14.5 Å². The van der Waals surface area contributed by atoms with Crippen LogP contribution in [-0.4, -0.2) is 33.8 Å². The molecule has 0 amide bonds. The van der Waals surface area contributed by atoms with Gasteiger partial charge in [-0.2, -0.15) is 0 Å². The van der Waals surface area contributed by atoms with Crippen LogP contribution in [0.3, 0.4) is 0 Å². The highest BCUT2D eigenvalue weighted by Crippen LogP contribution is 2.22. The largest absolute Gasteiger partial charge is 0.369 e. The van der Waals surface area contributed by atoms with Crippen molar-refractivity contribution in [2.24, 2.45) is 0 Å². The highest BCUT2D eigenvalue weighted by atomic mass is 16.1. The second kappa shape index (κ2) is 4.34. The molecule has 0 bridgehead atoms. The number of carbonyl (C=O) groups is 1. The summed E-state index contributed by atoms with van der Waals surface area (Å²) >= 11 is 0. The third-order valence-corrected chi connectivity index (χ3v) is 4.09. The van der Waals surface area contributed by atoms with E-state index < -0.39 is 0 Å². The van der Waals surface area contributed by atoms with Gasteiger partial charge in [-0.05, 0) is 30.4 Å². The Hall–Kier alpha value is -2.36. The van der Waals surface area contributed by atoms with Gasteiger partial charge in [0.15, 0.2) is 0 Å². The van der Waals surface area contributed by atoms with Gasteiger partial charge in [0.25, 0.3) is 0 Å². The number of hydrogen-bond donors (Lipinski definition) is 0. The molecule has 1 aliphatic carbocycles. The molecular weight excluding hydrogens is 250 g/mol. The third kappa shape index (κ3) is 1.68. The Bertz CT molecular complexity index is 754. The van der Waals surface area contributed by atoms with Gasteiger partial charge in [0.2, 0.25) is 0 Å². The van der Waals surface area contributed by atoms with Gasteiger partial charge in [0.1, 0.15) is 12.1 Å². The quantitative estimate of drug-likeness (QED) is 0.781. The van der Waals surface area contributed by atoms with Crippen LogP contribution in [0.5, 0.6) is 0 Å². The first-order chi connectivity index (χ1) is 9.85. The van der Waals surface area contributed by atoms with Crippen molar-refractivity contribution >= 4 is 17.3 Å². The van der Waals surface area contributed by atoms with Crippen molar-refractivity contribution in [3.63, 3.8) is 0 Å². The van der Waals surface area contributed by atoms with E-state index in [1.807, 2.05) is 18.2 Å². The molecule has 2 aromatic rings. The van der Waals surface area contributed by atoms with E-state index in [0.29, 0.717) is 5.56 Å². The number of allylic oxidation sites excluding steroid dienone is 3. The lowest BCUT2D eigenvalue weighted by Crippen LogP contribution is -2.26. The van der Waals surface area contributed by atoms with Crippen LogP contribution in [0.1, 0.15) is 16.2 Å². The molecule has 4 nitrogen and oxygen atoms in total. The van der Waals surface area contributed by atoms with Gasteiger partial charge in [0.05, 0.1) is 11.0 Å². The molecule has 0 fully saturated rings. The molecule has 0 atom stereocenters. The Labute approximate surface area is 117 Å². The molecule has 1 aliphatic heterocycles. The van der Waals surface area contributed by atoms with E-state index in [1.165, 1.54) is 5.70 Å². The van der Waals surface area contributed by atoms with Gasteiger partial charge >= 0.3 is 0 Å². The van der Waals surface area contributed by atoms with E-state index in [0.717, 1.165) is 49.2 Å². The lowest BCUT2D eigenvalue weighted by Gasteiger charge is -2.25. The molecule has 20 heavy (non-hydrogen) atoms. The Morgan fingerprint density at radius 2 is 2.10 bits per heavy atom. The summed E-state index contributed by atoms with van der Waals surface area (Å²) in [5, 5.41) is 0. The number of rotatable bonds is 2. The van der Waals surface area contributed by atoms with Gasteiger partial charge in [-0.1, -0.05) is 6.08 Å². The third-order valence-electron chi connectivity index (χ3n) is 4.09. The van der Waals surface area contributed by atoms with E-state index >= 15 is 0 Å². The van der Waals surface area contributed by atoms with E-state index in [-0.39, 0.29) is 0 Å². The summed E-state index contributed by atoms with van der Waals surface area (Å²) in [7, 11) is 0. The molecule has 0 N–H and O–H groups in total. The molecule has 2 aliphatic rings. The van der Waals surface area contributed by atoms with Crippen molar-refractivity contribution < 1.29 is 4.79 Å².